The molecule has 1 aliphatic heterocycles. The predicted molar refractivity (Wildman–Crippen MR) is 78.5 cm³/mol. The summed E-state index contributed by atoms with van der Waals surface area (Å²) in [6.07, 6.45) is 6.73. The summed E-state index contributed by atoms with van der Waals surface area (Å²) in [5.41, 5.74) is 2.78. The van der Waals surface area contributed by atoms with E-state index in [1.807, 2.05) is 0 Å². The summed E-state index contributed by atoms with van der Waals surface area (Å²) in [6.45, 7) is 5.42. The molecule has 0 unspecified atom stereocenters. The van der Waals surface area contributed by atoms with E-state index in [1.54, 1.807) is 0 Å². The summed E-state index contributed by atoms with van der Waals surface area (Å²) in [6, 6.07) is 6.63. The number of hydrogen-bond acceptors (Lipinski definition) is 2. The van der Waals surface area contributed by atoms with Crippen molar-refractivity contribution in [2.75, 3.05) is 13.2 Å². The van der Waals surface area contributed by atoms with E-state index in [-0.39, 0.29) is 0 Å². The van der Waals surface area contributed by atoms with Crippen molar-refractivity contribution in [2.24, 2.45) is 11.8 Å². The molecule has 0 amide bonds. The molecule has 104 valence electrons. The van der Waals surface area contributed by atoms with Crippen molar-refractivity contribution in [1.82, 2.24) is 5.32 Å². The van der Waals surface area contributed by atoms with Crippen LogP contribution < -0.4 is 10.1 Å². The molecule has 2 aliphatic rings. The van der Waals surface area contributed by atoms with Crippen molar-refractivity contribution in [3.63, 3.8) is 0 Å². The molecule has 0 saturated heterocycles. The minimum Gasteiger partial charge on any atom is -0.493 e. The molecule has 0 radical (unpaired) electrons. The van der Waals surface area contributed by atoms with Gasteiger partial charge in [-0.05, 0) is 48.4 Å². The molecule has 3 rings (SSSR count). The molecular weight excluding hydrogens is 234 g/mol. The normalized spacial score (nSPS) is 25.9. The number of nitrogens with one attached hydrogen (secondary N) is 1. The Kier molecular flexibility index (Phi) is 4.07. The first-order valence-electron chi connectivity index (χ1n) is 7.76. The Morgan fingerprint density at radius 1 is 1.21 bits per heavy atom. The van der Waals surface area contributed by atoms with Gasteiger partial charge >= 0.3 is 0 Å². The molecule has 1 aromatic carbocycles. The Morgan fingerprint density at radius 3 is 2.89 bits per heavy atom. The number of ether oxygens (including phenoxy) is 1. The molecule has 2 nitrogen and oxygen atoms in total. The fraction of sp³-hybridized carbons (Fsp3) is 0.647. The van der Waals surface area contributed by atoms with Gasteiger partial charge in [0.15, 0.2) is 0 Å². The van der Waals surface area contributed by atoms with Crippen LogP contribution in [0.5, 0.6) is 5.75 Å². The largest absolute Gasteiger partial charge is 0.493 e. The van der Waals surface area contributed by atoms with E-state index in [9.17, 15) is 0 Å². The Balaban J connectivity index is 1.45. The lowest BCUT2D eigenvalue weighted by Gasteiger charge is -2.26. The first-order chi connectivity index (χ1) is 9.31. The Labute approximate surface area is 116 Å². The summed E-state index contributed by atoms with van der Waals surface area (Å²) in [5.74, 6) is 2.94. The minimum atomic E-state index is 0.854. The second-order valence-corrected chi connectivity index (χ2v) is 6.30. The molecule has 19 heavy (non-hydrogen) atoms. The smallest absolute Gasteiger partial charge is 0.122 e. The number of fused-ring (bicyclic) bond motifs is 1. The maximum absolute atomic E-state index is 5.54. The predicted octanol–water partition coefficient (Wildman–Crippen LogP) is 3.54. The zero-order valence-electron chi connectivity index (χ0n) is 12.0. The molecule has 1 N–H and O–H groups in total. The van der Waals surface area contributed by atoms with E-state index < -0.39 is 0 Å². The molecule has 1 saturated carbocycles. The number of benzene rings is 1. The lowest BCUT2D eigenvalue weighted by molar-refractivity contribution is 0.281. The van der Waals surface area contributed by atoms with Crippen molar-refractivity contribution in [3.05, 3.63) is 29.3 Å². The average Bonchev–Trinajstić information content (AvgIpc) is 2.88. The van der Waals surface area contributed by atoms with Gasteiger partial charge in [-0.1, -0.05) is 31.9 Å². The lowest BCUT2D eigenvalue weighted by Crippen LogP contribution is -2.25. The van der Waals surface area contributed by atoms with Crippen molar-refractivity contribution in [1.29, 1.82) is 0 Å². The van der Waals surface area contributed by atoms with Gasteiger partial charge in [0.1, 0.15) is 5.75 Å². The van der Waals surface area contributed by atoms with E-state index in [1.165, 1.54) is 43.4 Å². The maximum atomic E-state index is 5.54. The second-order valence-electron chi connectivity index (χ2n) is 6.30. The molecule has 1 aliphatic carbocycles. The summed E-state index contributed by atoms with van der Waals surface area (Å²) >= 11 is 0. The first kappa shape index (κ1) is 13.0. The third-order valence-electron chi connectivity index (χ3n) is 4.65. The highest BCUT2D eigenvalue weighted by atomic mass is 16.5. The van der Waals surface area contributed by atoms with Crippen LogP contribution in [0, 0.1) is 11.8 Å². The number of rotatable bonds is 4. The molecule has 0 spiro atoms. The average molecular weight is 259 g/mol. The van der Waals surface area contributed by atoms with Crippen LogP contribution in [0.4, 0.5) is 0 Å². The molecule has 1 fully saturated rings. The van der Waals surface area contributed by atoms with Crippen LogP contribution in [0.1, 0.15) is 43.7 Å². The van der Waals surface area contributed by atoms with Crippen LogP contribution in [0.2, 0.25) is 0 Å². The van der Waals surface area contributed by atoms with Crippen molar-refractivity contribution < 1.29 is 4.74 Å². The van der Waals surface area contributed by atoms with Crippen molar-refractivity contribution in [2.45, 2.75) is 45.6 Å². The number of hydrogen-bond donors (Lipinski definition) is 1. The highest BCUT2D eigenvalue weighted by Gasteiger charge is 2.17. The van der Waals surface area contributed by atoms with Crippen molar-refractivity contribution in [3.8, 4) is 5.75 Å². The summed E-state index contributed by atoms with van der Waals surface area (Å²) < 4.78 is 5.54. The van der Waals surface area contributed by atoms with Gasteiger partial charge in [0.05, 0.1) is 6.61 Å². The Bertz CT molecular complexity index is 421. The van der Waals surface area contributed by atoms with Crippen LogP contribution in [-0.4, -0.2) is 13.2 Å². The summed E-state index contributed by atoms with van der Waals surface area (Å²) in [4.78, 5) is 0. The quantitative estimate of drug-likeness (QED) is 0.893. The minimum absolute atomic E-state index is 0.854. The van der Waals surface area contributed by atoms with E-state index in [4.69, 9.17) is 4.74 Å². The topological polar surface area (TPSA) is 21.3 Å². The van der Waals surface area contributed by atoms with Crippen LogP contribution in [0.3, 0.4) is 0 Å². The van der Waals surface area contributed by atoms with Gasteiger partial charge in [0.2, 0.25) is 0 Å². The van der Waals surface area contributed by atoms with Gasteiger partial charge in [-0.25, -0.2) is 0 Å². The zero-order chi connectivity index (χ0) is 13.1. The van der Waals surface area contributed by atoms with Gasteiger partial charge in [-0.15, -0.1) is 0 Å². The fourth-order valence-corrected chi connectivity index (χ4v) is 3.30. The molecule has 0 bridgehead atoms. The van der Waals surface area contributed by atoms with E-state index in [0.29, 0.717) is 0 Å². The fourth-order valence-electron chi connectivity index (χ4n) is 3.30. The highest BCUT2D eigenvalue weighted by Crippen LogP contribution is 2.28. The standard InChI is InChI=1S/C17H25NO/c1-13-2-4-14(5-3-13)11-18-12-15-6-7-17-16(10-15)8-9-19-17/h6-7,10,13-14,18H,2-5,8-9,11-12H2,1H3. The summed E-state index contributed by atoms with van der Waals surface area (Å²) in [5, 5.41) is 3.64. The van der Waals surface area contributed by atoms with Crippen LogP contribution in [0.25, 0.3) is 0 Å². The molecule has 0 aromatic heterocycles. The molecule has 2 heteroatoms. The van der Waals surface area contributed by atoms with E-state index in [2.05, 4.69) is 30.4 Å². The summed E-state index contributed by atoms with van der Waals surface area (Å²) in [7, 11) is 0. The van der Waals surface area contributed by atoms with Gasteiger partial charge in [-0.2, -0.15) is 0 Å². The Morgan fingerprint density at radius 2 is 2.05 bits per heavy atom. The lowest BCUT2D eigenvalue weighted by atomic mass is 9.83. The maximum Gasteiger partial charge on any atom is 0.122 e. The first-order valence-corrected chi connectivity index (χ1v) is 7.76. The van der Waals surface area contributed by atoms with Gasteiger partial charge < -0.3 is 10.1 Å². The monoisotopic (exact) mass is 259 g/mol. The molecular formula is C17H25NO. The highest BCUT2D eigenvalue weighted by molar-refractivity contribution is 5.39. The third kappa shape index (κ3) is 3.30. The van der Waals surface area contributed by atoms with E-state index >= 15 is 0 Å². The van der Waals surface area contributed by atoms with Crippen molar-refractivity contribution >= 4 is 0 Å². The third-order valence-corrected chi connectivity index (χ3v) is 4.65. The molecule has 1 heterocycles. The van der Waals surface area contributed by atoms with Crippen LogP contribution >= 0.6 is 0 Å². The molecule has 1 aromatic rings. The van der Waals surface area contributed by atoms with Gasteiger partial charge in [0, 0.05) is 13.0 Å². The SMILES string of the molecule is CC1CCC(CNCc2ccc3c(c2)CCO3)CC1. The van der Waals surface area contributed by atoms with E-state index in [0.717, 1.165) is 37.2 Å². The van der Waals surface area contributed by atoms with Gasteiger partial charge in [0.25, 0.3) is 0 Å². The van der Waals surface area contributed by atoms with Crippen LogP contribution in [-0.2, 0) is 13.0 Å². The Hall–Kier alpha value is -1.02. The second kappa shape index (κ2) is 5.96. The zero-order valence-corrected chi connectivity index (χ0v) is 12.0. The van der Waals surface area contributed by atoms with Gasteiger partial charge in [-0.3, -0.25) is 0 Å². The molecule has 0 atom stereocenters. The van der Waals surface area contributed by atoms with Crippen LogP contribution in [0.15, 0.2) is 18.2 Å².